The van der Waals surface area contributed by atoms with E-state index in [2.05, 4.69) is 114 Å². The predicted molar refractivity (Wildman–Crippen MR) is 304 cm³/mol. The Morgan fingerprint density at radius 1 is 0.539 bits per heavy atom. The molecule has 0 aliphatic carbocycles. The van der Waals surface area contributed by atoms with Crippen molar-refractivity contribution in [1.29, 1.82) is 0 Å². The molecule has 0 saturated carbocycles. The Morgan fingerprint density at radius 2 is 1.07 bits per heavy atom. The molecule has 0 saturated heterocycles. The quantitative estimate of drug-likeness (QED) is 0.0732. The van der Waals surface area contributed by atoms with Crippen LogP contribution < -0.4 is 30.5 Å². The molecule has 2 aliphatic heterocycles. The second kappa shape index (κ2) is 20.9. The van der Waals surface area contributed by atoms with Crippen LogP contribution in [-0.4, -0.2) is 79.9 Å². The monoisotopic (exact) mass is 1010 g/mol. The van der Waals surface area contributed by atoms with Crippen molar-refractivity contribution in [3.63, 3.8) is 0 Å². The highest BCUT2D eigenvalue weighted by Gasteiger charge is 2.56. The van der Waals surface area contributed by atoms with Crippen molar-refractivity contribution in [2.75, 3.05) is 49.1 Å². The van der Waals surface area contributed by atoms with Crippen molar-refractivity contribution in [3.05, 3.63) is 215 Å². The molecule has 2 atom stereocenters. The van der Waals surface area contributed by atoms with Gasteiger partial charge in [-0.15, -0.1) is 0 Å². The lowest BCUT2D eigenvalue weighted by atomic mass is 9.74. The first-order chi connectivity index (χ1) is 37.1. The molecule has 9 aromatic rings. The zero-order valence-corrected chi connectivity index (χ0v) is 43.4. The van der Waals surface area contributed by atoms with Crippen molar-refractivity contribution >= 4 is 67.3 Å². The molecule has 2 unspecified atom stereocenters. The Kier molecular flexibility index (Phi) is 13.6. The molecule has 3 N–H and O–H groups in total. The number of hydrogen-bond donors (Lipinski definition) is 3. The maximum Gasteiger partial charge on any atom is 0.255 e. The van der Waals surface area contributed by atoms with Crippen LogP contribution in [0.2, 0.25) is 0 Å². The molecule has 2 aliphatic rings. The zero-order chi connectivity index (χ0) is 52.5. The Bertz CT molecular complexity index is 3550. The first kappa shape index (κ1) is 49.5. The topological polar surface area (TPSA) is 123 Å². The molecule has 382 valence electrons. The summed E-state index contributed by atoms with van der Waals surface area (Å²) in [6, 6.07) is 55.5. The minimum Gasteiger partial charge on any atom is -0.456 e. The van der Waals surface area contributed by atoms with E-state index in [0.29, 0.717) is 22.6 Å². The molecule has 0 fully saturated rings. The van der Waals surface area contributed by atoms with Gasteiger partial charge in [0.25, 0.3) is 11.8 Å². The molecule has 4 amide bonds. The van der Waals surface area contributed by atoms with Crippen LogP contribution in [0.15, 0.2) is 176 Å². The van der Waals surface area contributed by atoms with Crippen molar-refractivity contribution in [2.24, 2.45) is 0 Å². The fourth-order valence-electron chi connectivity index (χ4n) is 11.9. The van der Waals surface area contributed by atoms with E-state index >= 15 is 4.79 Å². The number of amides is 4. The van der Waals surface area contributed by atoms with Crippen molar-refractivity contribution in [1.82, 2.24) is 20.9 Å². The third-order valence-corrected chi connectivity index (χ3v) is 15.6. The average molecular weight is 1010 g/mol. The van der Waals surface area contributed by atoms with Gasteiger partial charge in [0.2, 0.25) is 11.8 Å². The number of anilines is 2. The van der Waals surface area contributed by atoms with Crippen LogP contribution in [0, 0.1) is 0 Å². The lowest BCUT2D eigenvalue weighted by Crippen LogP contribution is -2.56. The second-order valence-electron chi connectivity index (χ2n) is 19.7. The van der Waals surface area contributed by atoms with Gasteiger partial charge in [0, 0.05) is 97.9 Å². The van der Waals surface area contributed by atoms with Crippen molar-refractivity contribution in [3.8, 4) is 11.5 Å². The minimum atomic E-state index is -1.10. The summed E-state index contributed by atoms with van der Waals surface area (Å²) in [6.45, 7) is 12.0. The highest BCUT2D eigenvalue weighted by atomic mass is 16.5. The molecule has 0 aromatic heterocycles. The molecular formula is C65H62N6O5. The highest BCUT2D eigenvalue weighted by molar-refractivity contribution is 6.26. The van der Waals surface area contributed by atoms with E-state index in [-0.39, 0.29) is 31.8 Å². The van der Waals surface area contributed by atoms with Crippen LogP contribution in [0.1, 0.15) is 76.2 Å². The van der Waals surface area contributed by atoms with E-state index in [1.54, 1.807) is 0 Å². The number of benzene rings is 9. The third-order valence-electron chi connectivity index (χ3n) is 15.6. The number of carbonyl (C=O) groups excluding carboxylic acids is 4. The van der Waals surface area contributed by atoms with Gasteiger partial charge < -0.3 is 35.4 Å². The fourth-order valence-corrected chi connectivity index (χ4v) is 11.9. The maximum atomic E-state index is 15.1. The van der Waals surface area contributed by atoms with E-state index in [0.717, 1.165) is 97.7 Å². The SMILES string of the molecule is CCN(CC)c1ccc2c(c1)Oc1cc(N(CC)CC)ccc1C21c2ccccc2C(=O)N1CCNC(=O)C(Cc1ccccc1)NC(=O)C(Cc1ccccc1)NC(=O)c1ccc2ccc3cccc4ccc1c2c34. The Hall–Kier alpha value is -8.70. The molecule has 11 nitrogen and oxygen atoms in total. The summed E-state index contributed by atoms with van der Waals surface area (Å²) in [5.74, 6) is -0.162. The average Bonchev–Trinajstić information content (AvgIpc) is 3.92. The molecule has 11 heteroatoms. The highest BCUT2D eigenvalue weighted by Crippen LogP contribution is 2.58. The number of rotatable bonds is 18. The van der Waals surface area contributed by atoms with Crippen LogP contribution in [0.25, 0.3) is 32.3 Å². The van der Waals surface area contributed by atoms with E-state index in [1.165, 1.54) is 0 Å². The lowest BCUT2D eigenvalue weighted by molar-refractivity contribution is -0.129. The summed E-state index contributed by atoms with van der Waals surface area (Å²) >= 11 is 0. The molecule has 76 heavy (non-hydrogen) atoms. The van der Waals surface area contributed by atoms with Gasteiger partial charge in [0.15, 0.2) is 0 Å². The third kappa shape index (κ3) is 8.79. The van der Waals surface area contributed by atoms with E-state index < -0.39 is 35.3 Å². The number of carbonyl (C=O) groups is 4. The van der Waals surface area contributed by atoms with Gasteiger partial charge in [-0.3, -0.25) is 19.2 Å². The van der Waals surface area contributed by atoms with Gasteiger partial charge >= 0.3 is 0 Å². The maximum absolute atomic E-state index is 15.1. The van der Waals surface area contributed by atoms with E-state index in [9.17, 15) is 14.4 Å². The van der Waals surface area contributed by atoms with Crippen LogP contribution in [0.4, 0.5) is 11.4 Å². The lowest BCUT2D eigenvalue weighted by Gasteiger charge is -2.45. The molecule has 11 rings (SSSR count). The number of nitrogens with one attached hydrogen (secondary N) is 3. The molecule has 9 aromatic carbocycles. The van der Waals surface area contributed by atoms with Crippen molar-refractivity contribution in [2.45, 2.75) is 58.2 Å². The summed E-state index contributed by atoms with van der Waals surface area (Å²) in [7, 11) is 0. The van der Waals surface area contributed by atoms with Gasteiger partial charge in [-0.1, -0.05) is 140 Å². The fraction of sp³-hybridized carbons (Fsp3) is 0.231. The Morgan fingerprint density at radius 3 is 1.66 bits per heavy atom. The number of fused-ring (bicyclic) bond motifs is 6. The summed E-state index contributed by atoms with van der Waals surface area (Å²) in [6.07, 6.45) is 0.364. The van der Waals surface area contributed by atoms with Gasteiger partial charge in [0.1, 0.15) is 29.1 Å². The Balaban J connectivity index is 0.906. The van der Waals surface area contributed by atoms with Crippen LogP contribution in [0.3, 0.4) is 0 Å². The van der Waals surface area contributed by atoms with Gasteiger partial charge in [0.05, 0.1) is 0 Å². The largest absolute Gasteiger partial charge is 0.456 e. The standard InChI is InChI=1S/C65H62N6O5/c1-5-69(6-2)47-30-34-53-57(40-47)76-58-41-48(70(7-3)8-4)31-35-54(58)65(53)52-25-16-15-24-51(52)64(75)71(65)37-36-66-62(73)55(38-42-18-11-9-12-19-42)68-63(74)56(39-43-20-13-10-14-21-43)67-61(72)50-33-29-46-27-26-44-22-17-23-45-28-32-49(50)60(46)59(44)45/h9-35,40-41,55-56H,5-8,36-39H2,1-4H3,(H,66,73)(H,67,72)(H,68,74). The van der Waals surface area contributed by atoms with E-state index in [1.807, 2.05) is 120 Å². The number of ether oxygens (including phenoxy) is 1. The van der Waals surface area contributed by atoms with E-state index in [4.69, 9.17) is 4.74 Å². The summed E-state index contributed by atoms with van der Waals surface area (Å²) < 4.78 is 6.91. The van der Waals surface area contributed by atoms with Crippen LogP contribution >= 0.6 is 0 Å². The van der Waals surface area contributed by atoms with Crippen LogP contribution in [0.5, 0.6) is 11.5 Å². The van der Waals surface area contributed by atoms with Gasteiger partial charge in [-0.05, 0) is 101 Å². The second-order valence-corrected chi connectivity index (χ2v) is 19.7. The smallest absolute Gasteiger partial charge is 0.255 e. The minimum absolute atomic E-state index is 0.0703. The molecular weight excluding hydrogens is 945 g/mol. The first-order valence-corrected chi connectivity index (χ1v) is 26.7. The summed E-state index contributed by atoms with van der Waals surface area (Å²) in [5.41, 5.74) is 6.16. The summed E-state index contributed by atoms with van der Waals surface area (Å²) in [5, 5.41) is 15.4. The van der Waals surface area contributed by atoms with Crippen LogP contribution in [-0.2, 0) is 28.0 Å². The molecule has 2 heterocycles. The normalized spacial score (nSPS) is 13.9. The predicted octanol–water partition coefficient (Wildman–Crippen LogP) is 11.0. The van der Waals surface area contributed by atoms with Crippen molar-refractivity contribution < 1.29 is 23.9 Å². The van der Waals surface area contributed by atoms with Gasteiger partial charge in [-0.2, -0.15) is 0 Å². The van der Waals surface area contributed by atoms with Gasteiger partial charge in [-0.25, -0.2) is 0 Å². The number of nitrogens with zero attached hydrogens (tertiary/aromatic N) is 3. The zero-order valence-electron chi connectivity index (χ0n) is 43.4. The number of hydrogen-bond acceptors (Lipinski definition) is 7. The molecule has 1 spiro atoms. The summed E-state index contributed by atoms with van der Waals surface area (Å²) in [4.78, 5) is 65.8. The molecule has 0 radical (unpaired) electrons. The molecule has 0 bridgehead atoms. The Labute approximate surface area is 443 Å². The first-order valence-electron chi connectivity index (χ1n) is 26.7.